The molecule has 11 heteroatoms. The van der Waals surface area contributed by atoms with Gasteiger partial charge >= 0.3 is 39.9 Å². The minimum atomic E-state index is -0.761. The number of anilines is 1. The van der Waals surface area contributed by atoms with Crippen LogP contribution in [0.5, 0.6) is 0 Å². The number of aliphatic carboxylic acids is 1. The van der Waals surface area contributed by atoms with Gasteiger partial charge in [-0.2, -0.15) is 0 Å². The van der Waals surface area contributed by atoms with Gasteiger partial charge in [0.05, 0.1) is 6.54 Å². The van der Waals surface area contributed by atoms with Crippen molar-refractivity contribution in [2.24, 2.45) is 0 Å². The number of carboxylic acids is 1. The zero-order valence-electron chi connectivity index (χ0n) is 19.6. The van der Waals surface area contributed by atoms with Crippen molar-refractivity contribution in [3.05, 3.63) is 49.8 Å². The molecule has 8 nitrogen and oxygen atoms in total. The molecule has 0 saturated carbocycles. The Balaban J connectivity index is -0.000000593. The fourth-order valence-corrected chi connectivity index (χ4v) is 3.32. The minimum absolute atomic E-state index is 0. The van der Waals surface area contributed by atoms with Crippen molar-refractivity contribution in [3.63, 3.8) is 0 Å². The Morgan fingerprint density at radius 2 is 1.35 bits per heavy atom. The molecule has 0 bridgehead atoms. The van der Waals surface area contributed by atoms with E-state index in [4.69, 9.17) is 42.3 Å². The molecule has 191 valence electrons. The summed E-state index contributed by atoms with van der Waals surface area (Å²) < 4.78 is 22.5. The molecule has 0 heterocycles. The summed E-state index contributed by atoms with van der Waals surface area (Å²) in [7, 11) is 4.01. The van der Waals surface area contributed by atoms with Gasteiger partial charge in [0.15, 0.2) is 0 Å². The normalized spacial score (nSPS) is 9.18. The first-order chi connectivity index (χ1) is 16.0. The number of carbonyl (C=O) groups is 1. The van der Waals surface area contributed by atoms with E-state index in [1.54, 1.807) is 0 Å². The molecule has 0 spiro atoms. The van der Waals surface area contributed by atoms with Crippen molar-refractivity contribution in [2.75, 3.05) is 70.0 Å². The zero-order valence-corrected chi connectivity index (χ0v) is 23.0. The Labute approximate surface area is 227 Å². The van der Waals surface area contributed by atoms with E-state index in [2.05, 4.69) is 54.0 Å². The molecule has 1 aromatic rings. The van der Waals surface area contributed by atoms with Gasteiger partial charge in [0.1, 0.15) is 0 Å². The van der Waals surface area contributed by atoms with Crippen LogP contribution in [0.15, 0.2) is 24.3 Å². The SMILES string of the molecule is CN(C)CCN(CCCCc1ccc(N(CCCl)CCCl)cc1)CC(=O)O.[99Tc].[C-]#[O+].[C-]#[O+].[C-]#[O+]. The van der Waals surface area contributed by atoms with E-state index in [0.717, 1.165) is 57.7 Å². The van der Waals surface area contributed by atoms with Crippen LogP contribution < -0.4 is 4.90 Å². The van der Waals surface area contributed by atoms with E-state index in [0.29, 0.717) is 11.8 Å². The van der Waals surface area contributed by atoms with Gasteiger partial charge in [-0.3, -0.25) is 9.69 Å². The van der Waals surface area contributed by atoms with Crippen molar-refractivity contribution < 1.29 is 44.0 Å². The van der Waals surface area contributed by atoms with Crippen molar-refractivity contribution in [1.82, 2.24) is 9.80 Å². The van der Waals surface area contributed by atoms with Gasteiger partial charge in [-0.1, -0.05) is 12.1 Å². The van der Waals surface area contributed by atoms with Crippen LogP contribution in [0.1, 0.15) is 18.4 Å². The fourth-order valence-electron chi connectivity index (χ4n) is 2.91. The number of likely N-dealkylation sites (N-methyl/N-ethyl adjacent to an activating group) is 1. The first-order valence-electron chi connectivity index (χ1n) is 10.1. The summed E-state index contributed by atoms with van der Waals surface area (Å²) in [5.41, 5.74) is 2.45. The van der Waals surface area contributed by atoms with Crippen LogP contribution in [-0.4, -0.2) is 86.0 Å². The molecule has 1 rings (SSSR count). The van der Waals surface area contributed by atoms with Crippen LogP contribution in [0.2, 0.25) is 0 Å². The fraction of sp³-hybridized carbons (Fsp3) is 0.565. The molecule has 0 saturated heterocycles. The van der Waals surface area contributed by atoms with Crippen LogP contribution in [-0.2, 0) is 45.3 Å². The van der Waals surface area contributed by atoms with E-state index in [1.165, 1.54) is 5.56 Å². The number of nitrogens with zero attached hydrogens (tertiary/aromatic N) is 3. The summed E-state index contributed by atoms with van der Waals surface area (Å²) in [6.07, 6.45) is 3.04. The second-order valence-electron chi connectivity index (χ2n) is 6.96. The second-order valence-corrected chi connectivity index (χ2v) is 7.72. The molecule has 0 atom stereocenters. The first-order valence-corrected chi connectivity index (χ1v) is 11.2. The third kappa shape index (κ3) is 22.6. The van der Waals surface area contributed by atoms with Crippen molar-refractivity contribution in [1.29, 1.82) is 0 Å². The van der Waals surface area contributed by atoms with E-state index >= 15 is 0 Å². The van der Waals surface area contributed by atoms with Crippen molar-refractivity contribution >= 4 is 34.9 Å². The Morgan fingerprint density at radius 3 is 1.76 bits per heavy atom. The molecule has 0 unspecified atom stereocenters. The molecule has 0 aliphatic carbocycles. The predicted molar refractivity (Wildman–Crippen MR) is 127 cm³/mol. The van der Waals surface area contributed by atoms with Gasteiger partial charge in [-0.25, -0.2) is 0 Å². The first kappa shape index (κ1) is 40.0. The number of hydrogen-bond acceptors (Lipinski definition) is 4. The molecule has 34 heavy (non-hydrogen) atoms. The topological polar surface area (TPSA) is 107 Å². The summed E-state index contributed by atoms with van der Waals surface area (Å²) in [4.78, 5) is 17.3. The number of rotatable bonds is 15. The average molecular weight is 601 g/mol. The van der Waals surface area contributed by atoms with Crippen molar-refractivity contribution in [3.8, 4) is 0 Å². The maximum atomic E-state index is 11.0. The van der Waals surface area contributed by atoms with Gasteiger partial charge in [0.2, 0.25) is 0 Å². The Hall–Kier alpha value is -1.14. The number of unbranched alkanes of at least 4 members (excludes halogenated alkanes) is 1. The Kier molecular flexibility index (Phi) is 35.2. The van der Waals surface area contributed by atoms with Gasteiger partial charge in [0, 0.05) is 63.7 Å². The third-order valence-electron chi connectivity index (χ3n) is 4.42. The molecule has 0 fully saturated rings. The maximum absolute atomic E-state index is 11.0. The number of hydrogen-bond donors (Lipinski definition) is 1. The monoisotopic (exact) mass is 600 g/mol. The number of halogens is 2. The molecule has 1 aromatic carbocycles. The van der Waals surface area contributed by atoms with E-state index in [9.17, 15) is 4.79 Å². The Bertz CT molecular complexity index is 638. The van der Waals surface area contributed by atoms with Crippen LogP contribution in [0.3, 0.4) is 0 Å². The molecule has 0 aliphatic heterocycles. The molecular formula is C23H33Cl2N3O5Tc. The second kappa shape index (κ2) is 29.9. The predicted octanol–water partition coefficient (Wildman–Crippen LogP) is 3.13. The van der Waals surface area contributed by atoms with E-state index in [1.807, 2.05) is 19.0 Å². The molecule has 0 amide bonds. The van der Waals surface area contributed by atoms with Gasteiger partial charge in [-0.15, -0.1) is 23.2 Å². The summed E-state index contributed by atoms with van der Waals surface area (Å²) >= 11 is 11.7. The number of benzene rings is 1. The summed E-state index contributed by atoms with van der Waals surface area (Å²) in [6, 6.07) is 8.57. The summed E-state index contributed by atoms with van der Waals surface area (Å²) in [5.74, 6) is 0.404. The van der Waals surface area contributed by atoms with Crippen LogP contribution in [0, 0.1) is 20.0 Å². The van der Waals surface area contributed by atoms with Gasteiger partial charge in [-0.05, 0) is 57.6 Å². The van der Waals surface area contributed by atoms with Crippen LogP contribution in [0.4, 0.5) is 5.69 Å². The molecule has 0 aliphatic rings. The summed E-state index contributed by atoms with van der Waals surface area (Å²) in [6.45, 7) is 17.7. The van der Waals surface area contributed by atoms with Crippen molar-refractivity contribution in [2.45, 2.75) is 19.3 Å². The van der Waals surface area contributed by atoms with E-state index in [-0.39, 0.29) is 26.7 Å². The molecule has 0 aromatic heterocycles. The van der Waals surface area contributed by atoms with Crippen LogP contribution >= 0.6 is 23.2 Å². The van der Waals surface area contributed by atoms with Gasteiger partial charge < -0.3 is 14.9 Å². The number of alkyl halides is 2. The number of aryl methyl sites for hydroxylation is 1. The third-order valence-corrected chi connectivity index (χ3v) is 4.76. The summed E-state index contributed by atoms with van der Waals surface area (Å²) in [5, 5.41) is 9.06. The molecule has 1 radical (unpaired) electrons. The van der Waals surface area contributed by atoms with Crippen LogP contribution in [0.25, 0.3) is 0 Å². The average Bonchev–Trinajstić information content (AvgIpc) is 2.84. The van der Waals surface area contributed by atoms with Gasteiger partial charge in [0.25, 0.3) is 0 Å². The standard InChI is InChI=1S/C20H33Cl2N3O2.3CO.Tc/c1-23(2)15-16-24(17-20(26)27)12-4-3-5-18-6-8-19(9-7-18)25(13-10-21)14-11-22;3*1-2;/h6-9H,3-5,10-17H2,1-2H3,(H,26,27);;;;/i;;;;1+1. The number of carboxylic acid groups (broad SMARTS) is 1. The molecular weight excluding hydrogens is 568 g/mol. The quantitative estimate of drug-likeness (QED) is 0.144. The molecule has 1 N–H and O–H groups in total. The Morgan fingerprint density at radius 1 is 0.853 bits per heavy atom. The zero-order chi connectivity index (χ0) is 26.1. The van der Waals surface area contributed by atoms with E-state index < -0.39 is 5.97 Å².